The molecule has 0 fully saturated rings. The Balaban J connectivity index is 4.31. The van der Waals surface area contributed by atoms with Crippen molar-refractivity contribution in [2.24, 2.45) is 0 Å². The van der Waals surface area contributed by atoms with Gasteiger partial charge in [0.1, 0.15) is 12.6 Å². The lowest BCUT2D eigenvalue weighted by Crippen LogP contribution is -2.55. The molecule has 2 unspecified atom stereocenters. The summed E-state index contributed by atoms with van der Waals surface area (Å²) >= 11 is 0. The number of ether oxygens (including phenoxy) is 3. The Kier molecular flexibility index (Phi) is 40.7. The van der Waals surface area contributed by atoms with Crippen LogP contribution in [0.15, 0.2) is 85.1 Å². The number of nitrogens with zero attached hydrogens (tertiary/aromatic N) is 1. The van der Waals surface area contributed by atoms with E-state index >= 15 is 0 Å². The first-order chi connectivity index (χ1) is 29.6. The van der Waals surface area contributed by atoms with Crippen LogP contribution in [0, 0.1) is 0 Å². The molecule has 0 heterocycles. The molecule has 0 rings (SSSR count). The number of rotatable bonds is 42. The minimum Gasteiger partial charge on any atom is -0.544 e. The SMILES string of the molecule is CC/C=C/C/C=C/C/C=C/C/C=C/C/C=C/CCCCCCCCCC(=O)OC(COCCC(C(=O)[O-])[N+](C)(C)C)COC(=O)CCCCCCCCC/C=C/C/C=C/CC. The van der Waals surface area contributed by atoms with Gasteiger partial charge in [-0.15, -0.1) is 0 Å². The summed E-state index contributed by atoms with van der Waals surface area (Å²) in [7, 11) is 5.40. The van der Waals surface area contributed by atoms with Crippen molar-refractivity contribution >= 4 is 17.9 Å². The summed E-state index contributed by atoms with van der Waals surface area (Å²) < 4.78 is 17.2. The predicted octanol–water partition coefficient (Wildman–Crippen LogP) is 12.4. The van der Waals surface area contributed by atoms with Crippen molar-refractivity contribution in [1.29, 1.82) is 0 Å². The molecule has 0 radical (unpaired) electrons. The van der Waals surface area contributed by atoms with Crippen LogP contribution in [0.1, 0.15) is 181 Å². The molecule has 0 saturated heterocycles. The lowest BCUT2D eigenvalue weighted by atomic mass is 10.1. The highest BCUT2D eigenvalue weighted by molar-refractivity contribution is 5.70. The average molecular weight is 852 g/mol. The standard InChI is InChI=1S/C53H89NO7/c1-6-8-10-12-14-16-18-20-22-23-24-25-26-27-28-29-30-32-34-36-38-40-42-44-52(56)61-49(47-59-46-45-50(53(57)58)54(3,4)5)48-60-51(55)43-41-39-37-35-33-31-21-19-17-15-13-11-9-7-2/h8-11,14-17,20,22,24-25,27-28,49-50H,6-7,12-13,18-19,21,23,26,29-48H2,1-5H3/b10-8+,11-9+,16-14+,17-15+,22-20+,25-24+,28-27+. The van der Waals surface area contributed by atoms with E-state index in [-0.39, 0.29) is 42.7 Å². The van der Waals surface area contributed by atoms with Crippen LogP contribution in [0.4, 0.5) is 0 Å². The fourth-order valence-corrected chi connectivity index (χ4v) is 6.61. The summed E-state index contributed by atoms with van der Waals surface area (Å²) in [4.78, 5) is 37.0. The monoisotopic (exact) mass is 852 g/mol. The van der Waals surface area contributed by atoms with E-state index in [2.05, 4.69) is 98.9 Å². The van der Waals surface area contributed by atoms with Gasteiger partial charge in [0.2, 0.25) is 0 Å². The number of carbonyl (C=O) groups is 3. The number of carboxylic acid groups (broad SMARTS) is 1. The van der Waals surface area contributed by atoms with E-state index in [1.54, 1.807) is 21.1 Å². The van der Waals surface area contributed by atoms with Crippen LogP contribution in [0.5, 0.6) is 0 Å². The third kappa shape index (κ3) is 41.6. The normalized spacial score (nSPS) is 13.7. The van der Waals surface area contributed by atoms with E-state index in [1.807, 2.05) is 0 Å². The third-order valence-corrected chi connectivity index (χ3v) is 10.3. The largest absolute Gasteiger partial charge is 0.544 e. The smallest absolute Gasteiger partial charge is 0.306 e. The second kappa shape index (κ2) is 43.2. The Labute approximate surface area is 373 Å². The summed E-state index contributed by atoms with van der Waals surface area (Å²) in [5, 5.41) is 11.6. The molecular weight excluding hydrogens is 763 g/mol. The quantitative estimate of drug-likeness (QED) is 0.0261. The van der Waals surface area contributed by atoms with E-state index in [4.69, 9.17) is 14.2 Å². The van der Waals surface area contributed by atoms with Gasteiger partial charge in [-0.2, -0.15) is 0 Å². The number of hydrogen-bond acceptors (Lipinski definition) is 7. The number of carbonyl (C=O) groups excluding carboxylic acids is 3. The van der Waals surface area contributed by atoms with E-state index in [1.165, 1.54) is 44.9 Å². The van der Waals surface area contributed by atoms with Crippen molar-refractivity contribution in [1.82, 2.24) is 0 Å². The summed E-state index contributed by atoms with van der Waals surface area (Å²) in [5.41, 5.74) is 0. The van der Waals surface area contributed by atoms with Crippen LogP contribution in [-0.4, -0.2) is 75.5 Å². The van der Waals surface area contributed by atoms with Gasteiger partial charge in [0.05, 0.1) is 40.3 Å². The van der Waals surface area contributed by atoms with E-state index < -0.39 is 18.1 Å². The molecule has 0 saturated carbocycles. The zero-order chi connectivity index (χ0) is 44.9. The molecular formula is C53H89NO7. The summed E-state index contributed by atoms with van der Waals surface area (Å²) in [5.74, 6) is -1.77. The van der Waals surface area contributed by atoms with Crippen LogP contribution in [-0.2, 0) is 28.6 Å². The average Bonchev–Trinajstić information content (AvgIpc) is 3.22. The van der Waals surface area contributed by atoms with Crippen LogP contribution in [0.25, 0.3) is 0 Å². The van der Waals surface area contributed by atoms with Crippen molar-refractivity contribution in [2.45, 2.75) is 193 Å². The molecule has 0 aromatic rings. The molecule has 0 aromatic carbocycles. The summed E-state index contributed by atoms with van der Waals surface area (Å²) in [6, 6.07) is -0.733. The Morgan fingerprint density at radius 1 is 0.492 bits per heavy atom. The number of unbranched alkanes of at least 4 members (excludes halogenated alkanes) is 14. The van der Waals surface area contributed by atoms with Gasteiger partial charge in [0.15, 0.2) is 6.10 Å². The second-order valence-corrected chi connectivity index (χ2v) is 16.9. The minimum absolute atomic E-state index is 0.0290. The Morgan fingerprint density at radius 2 is 0.869 bits per heavy atom. The lowest BCUT2D eigenvalue weighted by molar-refractivity contribution is -0.889. The highest BCUT2D eigenvalue weighted by Gasteiger charge is 2.25. The lowest BCUT2D eigenvalue weighted by Gasteiger charge is -2.34. The highest BCUT2D eigenvalue weighted by atomic mass is 16.6. The topological polar surface area (TPSA) is 102 Å². The molecule has 8 nitrogen and oxygen atoms in total. The maximum absolute atomic E-state index is 12.8. The summed E-state index contributed by atoms with van der Waals surface area (Å²) in [6.07, 6.45) is 56.1. The number of likely N-dealkylation sites (N-methyl/N-ethyl adjacent to an activating group) is 1. The second-order valence-electron chi connectivity index (χ2n) is 16.9. The highest BCUT2D eigenvalue weighted by Crippen LogP contribution is 2.14. The molecule has 0 aromatic heterocycles. The Morgan fingerprint density at radius 3 is 1.28 bits per heavy atom. The van der Waals surface area contributed by atoms with Gasteiger partial charge in [0.25, 0.3) is 0 Å². The Bertz CT molecular complexity index is 1270. The Hall–Kier alpha value is -3.49. The van der Waals surface area contributed by atoms with Crippen LogP contribution >= 0.6 is 0 Å². The molecule has 0 aliphatic carbocycles. The minimum atomic E-state index is -1.13. The molecule has 0 bridgehead atoms. The number of aliphatic carboxylic acids is 1. The van der Waals surface area contributed by atoms with Crippen molar-refractivity contribution < 1.29 is 38.2 Å². The van der Waals surface area contributed by atoms with Gasteiger partial charge in [-0.25, -0.2) is 0 Å². The molecule has 348 valence electrons. The van der Waals surface area contributed by atoms with E-state index in [0.717, 1.165) is 103 Å². The number of esters is 2. The van der Waals surface area contributed by atoms with Gasteiger partial charge in [0, 0.05) is 19.3 Å². The fraction of sp³-hybridized carbons (Fsp3) is 0.679. The van der Waals surface area contributed by atoms with Crippen LogP contribution in [0.3, 0.4) is 0 Å². The first-order valence-electron chi connectivity index (χ1n) is 24.1. The number of allylic oxidation sites excluding steroid dienone is 14. The fourth-order valence-electron chi connectivity index (χ4n) is 6.61. The first kappa shape index (κ1) is 57.5. The van der Waals surface area contributed by atoms with Gasteiger partial charge in [-0.3, -0.25) is 9.59 Å². The van der Waals surface area contributed by atoms with Crippen molar-refractivity contribution in [3.05, 3.63) is 85.1 Å². The van der Waals surface area contributed by atoms with Crippen molar-refractivity contribution in [2.75, 3.05) is 41.0 Å². The molecule has 2 atom stereocenters. The van der Waals surface area contributed by atoms with Gasteiger partial charge in [-0.05, 0) is 83.5 Å². The molecule has 0 N–H and O–H groups in total. The first-order valence-corrected chi connectivity index (χ1v) is 24.1. The van der Waals surface area contributed by atoms with Gasteiger partial charge < -0.3 is 28.6 Å². The molecule has 61 heavy (non-hydrogen) atoms. The number of carboxylic acids is 1. The number of quaternary nitrogens is 1. The van der Waals surface area contributed by atoms with Crippen molar-refractivity contribution in [3.8, 4) is 0 Å². The third-order valence-electron chi connectivity index (χ3n) is 10.3. The molecule has 0 aliphatic heterocycles. The maximum atomic E-state index is 12.8. The maximum Gasteiger partial charge on any atom is 0.306 e. The molecule has 0 amide bonds. The molecule has 0 aliphatic rings. The van der Waals surface area contributed by atoms with E-state index in [0.29, 0.717) is 12.8 Å². The molecule has 0 spiro atoms. The van der Waals surface area contributed by atoms with Crippen molar-refractivity contribution in [3.63, 3.8) is 0 Å². The van der Waals surface area contributed by atoms with E-state index in [9.17, 15) is 19.5 Å². The van der Waals surface area contributed by atoms with Crippen LogP contribution in [0.2, 0.25) is 0 Å². The number of hydrogen-bond donors (Lipinski definition) is 0. The van der Waals surface area contributed by atoms with Gasteiger partial charge in [-0.1, -0.05) is 163 Å². The predicted molar refractivity (Wildman–Crippen MR) is 254 cm³/mol. The van der Waals surface area contributed by atoms with Gasteiger partial charge >= 0.3 is 11.9 Å². The zero-order valence-corrected chi connectivity index (χ0v) is 39.5. The summed E-state index contributed by atoms with van der Waals surface area (Å²) in [6.45, 7) is 4.41. The zero-order valence-electron chi connectivity index (χ0n) is 39.5. The van der Waals surface area contributed by atoms with Crippen LogP contribution < -0.4 is 5.11 Å². The molecule has 8 heteroatoms.